The van der Waals surface area contributed by atoms with Gasteiger partial charge in [0.15, 0.2) is 0 Å². The van der Waals surface area contributed by atoms with Crippen molar-refractivity contribution in [2.45, 2.75) is 12.3 Å². The Morgan fingerprint density at radius 1 is 1.29 bits per heavy atom. The summed E-state index contributed by atoms with van der Waals surface area (Å²) < 4.78 is 15.4. The summed E-state index contributed by atoms with van der Waals surface area (Å²) in [5.41, 5.74) is 1.40. The van der Waals surface area contributed by atoms with Crippen LogP contribution in [0.5, 0.6) is 0 Å². The van der Waals surface area contributed by atoms with Gasteiger partial charge in [-0.25, -0.2) is 4.39 Å². The zero-order valence-corrected chi connectivity index (χ0v) is 13.6. The molecule has 2 aromatic rings. The third-order valence-electron chi connectivity index (χ3n) is 2.40. The minimum atomic E-state index is -0.322. The summed E-state index contributed by atoms with van der Waals surface area (Å²) in [5.74, 6) is -0.220. The molecule has 0 saturated heterocycles. The normalized spacial score (nSPS) is 12.8. The predicted molar refractivity (Wildman–Crippen MR) is 78.6 cm³/mol. The Kier molecular flexibility index (Phi) is 4.29. The average molecular weight is 399 g/mol. The van der Waals surface area contributed by atoms with Gasteiger partial charge in [-0.3, -0.25) is 0 Å². The van der Waals surface area contributed by atoms with E-state index in [0.29, 0.717) is 5.56 Å². The average Bonchev–Trinajstić information content (AvgIpc) is 2.62. The van der Waals surface area contributed by atoms with E-state index < -0.39 is 0 Å². The second-order valence-electron chi connectivity index (χ2n) is 3.64. The lowest BCUT2D eigenvalue weighted by atomic mass is 10.1. The van der Waals surface area contributed by atoms with Crippen LogP contribution < -0.4 is 0 Å². The van der Waals surface area contributed by atoms with Crippen molar-refractivity contribution in [3.05, 3.63) is 54.3 Å². The summed E-state index contributed by atoms with van der Waals surface area (Å²) in [7, 11) is 0. The molecule has 90 valence electrons. The first-order valence-electron chi connectivity index (χ1n) is 4.84. The highest BCUT2D eigenvalue weighted by atomic mass is 79.9. The third-order valence-corrected chi connectivity index (χ3v) is 6.34. The number of hydrogen-bond acceptors (Lipinski definition) is 1. The Labute approximate surface area is 125 Å². The van der Waals surface area contributed by atoms with E-state index >= 15 is 0 Å². The number of rotatable bonds is 2. The molecule has 1 aromatic carbocycles. The fourth-order valence-corrected chi connectivity index (χ4v) is 3.85. The summed E-state index contributed by atoms with van der Waals surface area (Å²) in [4.78, 5) is 0.980. The van der Waals surface area contributed by atoms with Crippen molar-refractivity contribution in [3.8, 4) is 0 Å². The van der Waals surface area contributed by atoms with E-state index in [1.807, 2.05) is 12.1 Å². The van der Waals surface area contributed by atoms with Crippen LogP contribution in [0.15, 0.2) is 32.5 Å². The van der Waals surface area contributed by atoms with Crippen molar-refractivity contribution in [2.75, 3.05) is 0 Å². The lowest BCUT2D eigenvalue weighted by Gasteiger charge is -2.08. The molecule has 1 aromatic heterocycles. The summed E-state index contributed by atoms with van der Waals surface area (Å²) in [6.45, 7) is 1.74. The molecule has 0 aliphatic carbocycles. The molecule has 0 bridgehead atoms. The lowest BCUT2D eigenvalue weighted by molar-refractivity contribution is 0.616. The molecule has 0 nitrogen and oxygen atoms in total. The number of halogens is 4. The van der Waals surface area contributed by atoms with Crippen LogP contribution in [0, 0.1) is 12.7 Å². The molecular formula is C12H8Br2ClFS. The molecule has 1 atom stereocenters. The topological polar surface area (TPSA) is 0 Å². The first-order valence-corrected chi connectivity index (χ1v) is 7.68. The number of alkyl halides is 1. The molecular weight excluding hydrogens is 390 g/mol. The number of hydrogen-bond donors (Lipinski definition) is 0. The van der Waals surface area contributed by atoms with Gasteiger partial charge in [0.25, 0.3) is 0 Å². The largest absolute Gasteiger partial charge is 0.207 e. The van der Waals surface area contributed by atoms with Crippen LogP contribution >= 0.6 is 54.8 Å². The van der Waals surface area contributed by atoms with Crippen LogP contribution in [0.1, 0.15) is 21.4 Å². The third kappa shape index (κ3) is 2.92. The molecule has 0 saturated carbocycles. The highest BCUT2D eigenvalue weighted by molar-refractivity contribution is 9.13. The van der Waals surface area contributed by atoms with Crippen molar-refractivity contribution < 1.29 is 4.39 Å². The van der Waals surface area contributed by atoms with E-state index in [4.69, 9.17) is 11.6 Å². The predicted octanol–water partition coefficient (Wildman–Crippen LogP) is 6.05. The Balaban J connectivity index is 2.36. The molecule has 0 aliphatic heterocycles. The standard InChI is InChI=1S/C12H8Br2ClFS/c1-6-2-3-7(4-9(6)16)11(15)10-5-8(13)12(14)17-10/h2-5,11H,1H3. The Bertz CT molecular complexity index is 534. The molecule has 5 heteroatoms. The van der Waals surface area contributed by atoms with E-state index in [1.54, 1.807) is 24.3 Å². The summed E-state index contributed by atoms with van der Waals surface area (Å²) in [5, 5.41) is -0.322. The van der Waals surface area contributed by atoms with Gasteiger partial charge in [-0.15, -0.1) is 22.9 Å². The molecule has 0 spiro atoms. The fraction of sp³-hybridized carbons (Fsp3) is 0.167. The van der Waals surface area contributed by atoms with Crippen molar-refractivity contribution in [1.82, 2.24) is 0 Å². The quantitative estimate of drug-likeness (QED) is 0.540. The number of thiophene rings is 1. The van der Waals surface area contributed by atoms with Gasteiger partial charge in [0.2, 0.25) is 0 Å². The maximum atomic E-state index is 13.5. The zero-order chi connectivity index (χ0) is 12.6. The zero-order valence-electron chi connectivity index (χ0n) is 8.81. The van der Waals surface area contributed by atoms with Crippen LogP contribution in [0.2, 0.25) is 0 Å². The van der Waals surface area contributed by atoms with Crippen LogP contribution in [0.4, 0.5) is 4.39 Å². The second-order valence-corrected chi connectivity index (χ2v) is 7.33. The molecule has 17 heavy (non-hydrogen) atoms. The molecule has 1 heterocycles. The van der Waals surface area contributed by atoms with Gasteiger partial charge >= 0.3 is 0 Å². The summed E-state index contributed by atoms with van der Waals surface area (Å²) in [6, 6.07) is 7.05. The lowest BCUT2D eigenvalue weighted by Crippen LogP contribution is -1.92. The van der Waals surface area contributed by atoms with Crippen molar-refractivity contribution in [2.24, 2.45) is 0 Å². The van der Waals surface area contributed by atoms with Gasteiger partial charge in [-0.2, -0.15) is 0 Å². The van der Waals surface area contributed by atoms with Crippen LogP contribution in [0.3, 0.4) is 0 Å². The van der Waals surface area contributed by atoms with E-state index in [-0.39, 0.29) is 11.2 Å². The Hall–Kier alpha value is 0.1000. The maximum Gasteiger partial charge on any atom is 0.126 e. The number of benzene rings is 1. The first-order chi connectivity index (χ1) is 7.99. The smallest absolute Gasteiger partial charge is 0.126 e. The molecule has 0 radical (unpaired) electrons. The van der Waals surface area contributed by atoms with E-state index in [2.05, 4.69) is 31.9 Å². The van der Waals surface area contributed by atoms with Gasteiger partial charge in [0.1, 0.15) is 5.82 Å². The second kappa shape index (κ2) is 5.39. The van der Waals surface area contributed by atoms with Crippen LogP contribution in [-0.2, 0) is 0 Å². The maximum absolute atomic E-state index is 13.5. The van der Waals surface area contributed by atoms with Gasteiger partial charge in [-0.05, 0) is 62.0 Å². The minimum Gasteiger partial charge on any atom is -0.207 e. The molecule has 0 aliphatic rings. The van der Waals surface area contributed by atoms with E-state index in [0.717, 1.165) is 18.7 Å². The van der Waals surface area contributed by atoms with Crippen molar-refractivity contribution in [1.29, 1.82) is 0 Å². The van der Waals surface area contributed by atoms with Gasteiger partial charge < -0.3 is 0 Å². The van der Waals surface area contributed by atoms with Crippen molar-refractivity contribution >= 4 is 54.8 Å². The van der Waals surface area contributed by atoms with Crippen LogP contribution in [0.25, 0.3) is 0 Å². The van der Waals surface area contributed by atoms with Crippen LogP contribution in [-0.4, -0.2) is 0 Å². The monoisotopic (exact) mass is 396 g/mol. The van der Waals surface area contributed by atoms with Gasteiger partial charge in [0, 0.05) is 9.35 Å². The summed E-state index contributed by atoms with van der Waals surface area (Å²) >= 11 is 14.7. The molecule has 2 rings (SSSR count). The highest BCUT2D eigenvalue weighted by Crippen LogP contribution is 2.40. The minimum absolute atomic E-state index is 0.220. The first kappa shape index (κ1) is 13.5. The van der Waals surface area contributed by atoms with E-state index in [9.17, 15) is 4.39 Å². The highest BCUT2D eigenvalue weighted by Gasteiger charge is 2.16. The molecule has 0 fully saturated rings. The number of aryl methyl sites for hydroxylation is 1. The molecule has 0 amide bonds. The Morgan fingerprint density at radius 2 is 2.00 bits per heavy atom. The Morgan fingerprint density at radius 3 is 2.53 bits per heavy atom. The SMILES string of the molecule is Cc1ccc(C(Cl)c2cc(Br)c(Br)s2)cc1F. The van der Waals surface area contributed by atoms with E-state index in [1.165, 1.54) is 6.07 Å². The summed E-state index contributed by atoms with van der Waals surface area (Å²) in [6.07, 6.45) is 0. The van der Waals surface area contributed by atoms with Crippen molar-refractivity contribution in [3.63, 3.8) is 0 Å². The molecule has 1 unspecified atom stereocenters. The fourth-order valence-electron chi connectivity index (χ4n) is 1.42. The molecule has 0 N–H and O–H groups in total. The van der Waals surface area contributed by atoms with Gasteiger partial charge in [0.05, 0.1) is 9.16 Å². The van der Waals surface area contributed by atoms with Gasteiger partial charge in [-0.1, -0.05) is 12.1 Å².